The number of amides is 1. The van der Waals surface area contributed by atoms with Gasteiger partial charge in [-0.3, -0.25) is 9.59 Å². The second-order valence-electron chi connectivity index (χ2n) is 4.95. The van der Waals surface area contributed by atoms with E-state index in [9.17, 15) is 19.5 Å². The molecule has 1 aromatic rings. The number of carbonyl (C=O) groups excluding carboxylic acids is 2. The van der Waals surface area contributed by atoms with E-state index in [1.54, 1.807) is 30.3 Å². The van der Waals surface area contributed by atoms with E-state index in [-0.39, 0.29) is 23.7 Å². The minimum Gasteiger partial charge on any atom is -0.480 e. The van der Waals surface area contributed by atoms with Gasteiger partial charge < -0.3 is 10.0 Å². The zero-order valence-corrected chi connectivity index (χ0v) is 12.9. The van der Waals surface area contributed by atoms with E-state index in [0.29, 0.717) is 10.5 Å². The van der Waals surface area contributed by atoms with Crippen molar-refractivity contribution in [3.05, 3.63) is 35.9 Å². The van der Waals surface area contributed by atoms with Crippen LogP contribution in [0.15, 0.2) is 30.3 Å². The van der Waals surface area contributed by atoms with Gasteiger partial charge in [0.05, 0.1) is 1.37 Å². The molecule has 1 N–H and O–H groups in total. The number of likely N-dealkylation sites (tertiary alicyclic amines) is 1. The van der Waals surface area contributed by atoms with E-state index in [1.165, 1.54) is 6.92 Å². The topological polar surface area (TPSA) is 74.7 Å². The van der Waals surface area contributed by atoms with Crippen LogP contribution in [0.3, 0.4) is 0 Å². The van der Waals surface area contributed by atoms with Crippen molar-refractivity contribution in [3.63, 3.8) is 0 Å². The summed E-state index contributed by atoms with van der Waals surface area (Å²) in [5.41, 5.74) is 0.490. The molecule has 1 aromatic carbocycles. The van der Waals surface area contributed by atoms with Gasteiger partial charge in [-0.25, -0.2) is 4.79 Å². The van der Waals surface area contributed by atoms with Crippen molar-refractivity contribution in [1.82, 2.24) is 4.90 Å². The van der Waals surface area contributed by atoms with Crippen LogP contribution in [-0.2, 0) is 9.59 Å². The minimum atomic E-state index is -2.32. The molecule has 0 radical (unpaired) electrons. The Morgan fingerprint density at radius 1 is 1.45 bits per heavy atom. The quantitative estimate of drug-likeness (QED) is 0.899. The smallest absolute Gasteiger partial charge is 0.326 e. The van der Waals surface area contributed by atoms with E-state index < -0.39 is 30.3 Å². The van der Waals surface area contributed by atoms with Gasteiger partial charge >= 0.3 is 5.97 Å². The maximum absolute atomic E-state index is 12.6. The second-order valence-corrected chi connectivity index (χ2v) is 5.94. The highest BCUT2D eigenvalue weighted by atomic mass is 32.2. The zero-order valence-electron chi connectivity index (χ0n) is 15.1. The molecule has 0 saturated carbocycles. The first-order valence-electron chi connectivity index (χ1n) is 8.39. The van der Waals surface area contributed by atoms with Crippen molar-refractivity contribution < 1.29 is 23.6 Å². The van der Waals surface area contributed by atoms with Crippen LogP contribution in [0.4, 0.5) is 0 Å². The van der Waals surface area contributed by atoms with Crippen molar-refractivity contribution in [1.29, 1.82) is 0 Å². The van der Waals surface area contributed by atoms with E-state index >= 15 is 0 Å². The first-order valence-corrected chi connectivity index (χ1v) is 7.88. The Balaban J connectivity index is 2.08. The minimum absolute atomic E-state index is 0.0782. The van der Waals surface area contributed by atoms with E-state index in [4.69, 9.17) is 4.11 Å². The third-order valence-corrected chi connectivity index (χ3v) is 4.43. The van der Waals surface area contributed by atoms with Crippen LogP contribution in [-0.4, -0.2) is 45.3 Å². The molecule has 2 rings (SSSR count). The Hall–Kier alpha value is -1.82. The lowest BCUT2D eigenvalue weighted by molar-refractivity contribution is -0.149. The van der Waals surface area contributed by atoms with Crippen LogP contribution < -0.4 is 0 Å². The summed E-state index contributed by atoms with van der Waals surface area (Å²) in [4.78, 5) is 36.6. The highest BCUT2D eigenvalue weighted by molar-refractivity contribution is 8.14. The lowest BCUT2D eigenvalue weighted by Crippen LogP contribution is -2.43. The van der Waals surface area contributed by atoms with Crippen LogP contribution in [0, 0.1) is 5.92 Å². The molecule has 22 heavy (non-hydrogen) atoms. The number of benzene rings is 1. The predicted molar refractivity (Wildman–Crippen MR) is 84.8 cm³/mol. The Morgan fingerprint density at radius 3 is 2.77 bits per heavy atom. The molecule has 1 heterocycles. The number of aliphatic carboxylic acids is 1. The molecule has 0 spiro atoms. The van der Waals surface area contributed by atoms with Crippen molar-refractivity contribution in [3.8, 4) is 0 Å². The molecule has 1 amide bonds. The summed E-state index contributed by atoms with van der Waals surface area (Å²) in [6.45, 7) is -0.691. The van der Waals surface area contributed by atoms with Crippen molar-refractivity contribution in [2.75, 3.05) is 12.2 Å². The fraction of sp³-hybridized carbons (Fsp3) is 0.438. The maximum atomic E-state index is 12.6. The molecule has 5 nitrogen and oxygen atoms in total. The molecule has 1 fully saturated rings. The Morgan fingerprint density at radius 2 is 2.14 bits per heavy atom. The van der Waals surface area contributed by atoms with Crippen molar-refractivity contribution in [2.45, 2.75) is 25.8 Å². The van der Waals surface area contributed by atoms with Gasteiger partial charge in [-0.05, 0) is 12.8 Å². The summed E-state index contributed by atoms with van der Waals surface area (Å²) in [5, 5.41) is 9.04. The second kappa shape index (κ2) is 7.45. The first kappa shape index (κ1) is 12.7. The van der Waals surface area contributed by atoms with Gasteiger partial charge in [0, 0.05) is 26.5 Å². The number of thioether (sulfide) groups is 1. The predicted octanol–water partition coefficient (Wildman–Crippen LogP) is 2.27. The number of rotatable bonds is 5. The molecule has 2 atom stereocenters. The molecular weight excluding hydrogens is 302 g/mol. The normalized spacial score (nSPS) is 26.6. The summed E-state index contributed by atoms with van der Waals surface area (Å²) >= 11 is 0.916. The summed E-state index contributed by atoms with van der Waals surface area (Å²) in [6.07, 6.45) is -0.485. The highest BCUT2D eigenvalue weighted by Gasteiger charge is 2.35. The number of carboxylic acids is 1. The molecule has 6 heteroatoms. The lowest BCUT2D eigenvalue weighted by atomic mass is 10.1. The molecule has 1 saturated heterocycles. The monoisotopic (exact) mass is 324 g/mol. The molecular formula is C16H19NO4S. The number of carboxylic acid groups (broad SMARTS) is 1. The fourth-order valence-electron chi connectivity index (χ4n) is 2.06. The van der Waals surface area contributed by atoms with E-state index in [2.05, 4.69) is 0 Å². The Labute approximate surface area is 137 Å². The Kier molecular flexibility index (Phi) is 4.30. The molecule has 0 unspecified atom stereocenters. The van der Waals surface area contributed by atoms with Gasteiger partial charge in [0.15, 0.2) is 0 Å². The summed E-state index contributed by atoms with van der Waals surface area (Å²) in [6, 6.07) is 6.22. The first-order chi connectivity index (χ1) is 11.6. The average molecular weight is 324 g/mol. The van der Waals surface area contributed by atoms with Crippen LogP contribution in [0.1, 0.15) is 34.2 Å². The van der Waals surface area contributed by atoms with Crippen LogP contribution in [0.2, 0.25) is 0 Å². The van der Waals surface area contributed by atoms with E-state index in [0.717, 1.165) is 11.8 Å². The molecule has 118 valence electrons. The number of nitrogens with zero attached hydrogens (tertiary/aromatic N) is 1. The largest absolute Gasteiger partial charge is 0.480 e. The fourth-order valence-corrected chi connectivity index (χ4v) is 2.90. The lowest BCUT2D eigenvalue weighted by Gasteiger charge is -2.24. The average Bonchev–Trinajstić information content (AvgIpc) is 2.83. The molecule has 0 aliphatic carbocycles. The standard InChI is InChI=1S/C16H19NO4S/c1-11(10-22-16(21)12-6-3-2-4-7-12)14(18)17-9-5-8-13(17)15(19)20/h2-4,6-7,11,13H,5,8-10H2,1H3,(H,19,20)/t11-,13+/m1/s1/i9D2,13D. The van der Waals surface area contributed by atoms with Gasteiger partial charge in [0.2, 0.25) is 11.0 Å². The summed E-state index contributed by atoms with van der Waals surface area (Å²) in [5.74, 6) is -3.04. The maximum Gasteiger partial charge on any atom is 0.326 e. The van der Waals surface area contributed by atoms with Gasteiger partial charge in [0.1, 0.15) is 6.02 Å². The number of hydrogen-bond acceptors (Lipinski definition) is 4. The molecule has 0 bridgehead atoms. The van der Waals surface area contributed by atoms with Gasteiger partial charge in [0.25, 0.3) is 0 Å². The third kappa shape index (κ3) is 3.88. The van der Waals surface area contributed by atoms with Gasteiger partial charge in [-0.15, -0.1) is 0 Å². The van der Waals surface area contributed by atoms with Crippen molar-refractivity contribution >= 4 is 28.8 Å². The SMILES string of the molecule is [2H]C1([2H])CC[C@@]([2H])(C(=O)O)N1C(=O)[C@H](C)CSC(=O)c1ccccc1. The molecule has 1 aliphatic rings. The highest BCUT2D eigenvalue weighted by Crippen LogP contribution is 2.22. The van der Waals surface area contributed by atoms with Crippen LogP contribution >= 0.6 is 11.8 Å². The van der Waals surface area contributed by atoms with E-state index in [1.807, 2.05) is 0 Å². The summed E-state index contributed by atoms with van der Waals surface area (Å²) < 4.78 is 23.8. The van der Waals surface area contributed by atoms with Crippen molar-refractivity contribution in [2.24, 2.45) is 5.92 Å². The third-order valence-electron chi connectivity index (χ3n) is 3.26. The number of carbonyl (C=O) groups is 3. The van der Waals surface area contributed by atoms with Gasteiger partial charge in [-0.2, -0.15) is 0 Å². The van der Waals surface area contributed by atoms with Crippen LogP contribution in [0.25, 0.3) is 0 Å². The van der Waals surface area contributed by atoms with Gasteiger partial charge in [-0.1, -0.05) is 49.0 Å². The molecule has 1 aliphatic heterocycles. The van der Waals surface area contributed by atoms with Crippen LogP contribution in [0.5, 0.6) is 0 Å². The molecule has 0 aromatic heterocycles. The number of hydrogen-bond donors (Lipinski definition) is 1. The zero-order chi connectivity index (χ0) is 18.8. The summed E-state index contributed by atoms with van der Waals surface area (Å²) in [7, 11) is 0. The Bertz CT molecular complexity index is 685.